The number of nitrogens with zero attached hydrogens (tertiary/aromatic N) is 2. The molecule has 1 heterocycles. The summed E-state index contributed by atoms with van der Waals surface area (Å²) in [5.74, 6) is -2.11. The number of hydrogen-bond donors (Lipinski definition) is 1. The Morgan fingerprint density at radius 1 is 0.935 bits per heavy atom. The Hall–Kier alpha value is -2.43. The molecule has 1 aliphatic rings. The maximum atomic E-state index is 13.6. The van der Waals surface area contributed by atoms with Crippen molar-refractivity contribution in [3.8, 4) is 0 Å². The fraction of sp³-hybridized carbons (Fsp3) is 0.381. The van der Waals surface area contributed by atoms with Crippen LogP contribution in [0.15, 0.2) is 47.4 Å². The van der Waals surface area contributed by atoms with Gasteiger partial charge in [-0.2, -0.15) is 4.31 Å². The lowest BCUT2D eigenvalue weighted by atomic mass is 10.1. The molecule has 6 nitrogen and oxygen atoms in total. The van der Waals surface area contributed by atoms with E-state index in [0.717, 1.165) is 12.1 Å². The van der Waals surface area contributed by atoms with Crippen molar-refractivity contribution in [2.24, 2.45) is 0 Å². The topological polar surface area (TPSA) is 69.7 Å². The van der Waals surface area contributed by atoms with Gasteiger partial charge in [-0.25, -0.2) is 21.6 Å². The summed E-state index contributed by atoms with van der Waals surface area (Å²) in [4.78, 5) is 14.1. The first-order chi connectivity index (χ1) is 14.8. The molecule has 10 heteroatoms. The van der Waals surface area contributed by atoms with Crippen molar-refractivity contribution in [3.05, 3.63) is 65.5 Å². The molecule has 1 fully saturated rings. The molecule has 168 valence electrons. The monoisotopic (exact) mass is 455 g/mol. The van der Waals surface area contributed by atoms with E-state index in [0.29, 0.717) is 26.1 Å². The number of carbonyl (C=O) groups excluding carboxylic acids is 1. The Bertz CT molecular complexity index is 996. The minimum atomic E-state index is -3.74. The van der Waals surface area contributed by atoms with E-state index in [9.17, 15) is 26.4 Å². The first-order valence-electron chi connectivity index (χ1n) is 9.95. The second-order valence-electron chi connectivity index (χ2n) is 7.29. The molecule has 1 amide bonds. The molecule has 1 saturated heterocycles. The van der Waals surface area contributed by atoms with Crippen LogP contribution in [0, 0.1) is 17.5 Å². The van der Waals surface area contributed by atoms with E-state index in [1.165, 1.54) is 34.6 Å². The van der Waals surface area contributed by atoms with E-state index < -0.39 is 27.5 Å². The van der Waals surface area contributed by atoms with Crippen LogP contribution in [0.4, 0.5) is 13.2 Å². The lowest BCUT2D eigenvalue weighted by Crippen LogP contribution is -2.40. The highest BCUT2D eigenvalue weighted by molar-refractivity contribution is 7.89. The highest BCUT2D eigenvalue weighted by Gasteiger charge is 2.27. The molecule has 0 spiro atoms. The summed E-state index contributed by atoms with van der Waals surface area (Å²) >= 11 is 0. The SMILES string of the molecule is O=C(CN1CCCN(S(=O)(=O)c2ccc(F)cc2)CC1)NCCc1c(F)cccc1F. The van der Waals surface area contributed by atoms with Crippen LogP contribution in [-0.4, -0.2) is 62.8 Å². The Labute approximate surface area is 179 Å². The molecule has 0 bridgehead atoms. The minimum Gasteiger partial charge on any atom is -0.355 e. The van der Waals surface area contributed by atoms with Gasteiger partial charge < -0.3 is 5.32 Å². The molecular weight excluding hydrogens is 431 g/mol. The summed E-state index contributed by atoms with van der Waals surface area (Å²) in [6, 6.07) is 8.31. The maximum absolute atomic E-state index is 13.6. The minimum absolute atomic E-state index is 0.0282. The summed E-state index contributed by atoms with van der Waals surface area (Å²) in [6.45, 7) is 1.54. The van der Waals surface area contributed by atoms with Crippen LogP contribution < -0.4 is 5.32 Å². The lowest BCUT2D eigenvalue weighted by molar-refractivity contribution is -0.122. The normalized spacial score (nSPS) is 16.1. The van der Waals surface area contributed by atoms with Crippen molar-refractivity contribution in [2.75, 3.05) is 39.3 Å². The van der Waals surface area contributed by atoms with Crippen molar-refractivity contribution in [1.29, 1.82) is 0 Å². The van der Waals surface area contributed by atoms with Crippen LogP contribution in [0.3, 0.4) is 0 Å². The molecule has 0 unspecified atom stereocenters. The van der Waals surface area contributed by atoms with Gasteiger partial charge in [-0.1, -0.05) is 6.07 Å². The fourth-order valence-electron chi connectivity index (χ4n) is 3.46. The van der Waals surface area contributed by atoms with Crippen LogP contribution in [0.1, 0.15) is 12.0 Å². The number of nitrogens with one attached hydrogen (secondary N) is 1. The number of halogens is 3. The zero-order valence-electron chi connectivity index (χ0n) is 16.9. The van der Waals surface area contributed by atoms with E-state index in [4.69, 9.17) is 0 Å². The van der Waals surface area contributed by atoms with Crippen molar-refractivity contribution < 1.29 is 26.4 Å². The zero-order chi connectivity index (χ0) is 22.4. The smallest absolute Gasteiger partial charge is 0.243 e. The molecule has 3 rings (SSSR count). The predicted molar refractivity (Wildman–Crippen MR) is 109 cm³/mol. The number of rotatable bonds is 7. The first kappa shape index (κ1) is 23.2. The Morgan fingerprint density at radius 2 is 1.61 bits per heavy atom. The summed E-state index contributed by atoms with van der Waals surface area (Å²) in [5.41, 5.74) is -0.0702. The third kappa shape index (κ3) is 6.05. The van der Waals surface area contributed by atoms with Crippen molar-refractivity contribution in [1.82, 2.24) is 14.5 Å². The van der Waals surface area contributed by atoms with Gasteiger partial charge in [0.15, 0.2) is 0 Å². The molecule has 2 aromatic rings. The average Bonchev–Trinajstić information content (AvgIpc) is 2.96. The van der Waals surface area contributed by atoms with Gasteiger partial charge in [0.1, 0.15) is 17.5 Å². The summed E-state index contributed by atoms with van der Waals surface area (Å²) in [6.07, 6.45) is 0.572. The molecule has 1 N–H and O–H groups in total. The van der Waals surface area contributed by atoms with Crippen molar-refractivity contribution >= 4 is 15.9 Å². The zero-order valence-corrected chi connectivity index (χ0v) is 17.7. The molecule has 0 radical (unpaired) electrons. The molecule has 0 saturated carbocycles. The van der Waals surface area contributed by atoms with Gasteiger partial charge in [0.25, 0.3) is 0 Å². The molecular formula is C21H24F3N3O3S. The van der Waals surface area contributed by atoms with Gasteiger partial charge in [0, 0.05) is 31.7 Å². The Morgan fingerprint density at radius 3 is 2.29 bits per heavy atom. The maximum Gasteiger partial charge on any atom is 0.243 e. The molecule has 1 aliphatic heterocycles. The lowest BCUT2D eigenvalue weighted by Gasteiger charge is -2.21. The highest BCUT2D eigenvalue weighted by atomic mass is 32.2. The molecule has 31 heavy (non-hydrogen) atoms. The number of hydrogen-bond acceptors (Lipinski definition) is 4. The molecule has 0 atom stereocenters. The first-order valence-corrected chi connectivity index (χ1v) is 11.4. The van der Waals surface area contributed by atoms with Crippen molar-refractivity contribution in [2.45, 2.75) is 17.7 Å². The average molecular weight is 456 g/mol. The summed E-state index contributed by atoms with van der Waals surface area (Å²) < 4.78 is 67.2. The van der Waals surface area contributed by atoms with Gasteiger partial charge in [-0.15, -0.1) is 0 Å². The van der Waals surface area contributed by atoms with E-state index in [1.54, 1.807) is 0 Å². The fourth-order valence-corrected chi connectivity index (χ4v) is 4.93. The van der Waals surface area contributed by atoms with E-state index in [1.807, 2.05) is 4.90 Å². The highest BCUT2D eigenvalue weighted by Crippen LogP contribution is 2.18. The van der Waals surface area contributed by atoms with Gasteiger partial charge in [-0.3, -0.25) is 9.69 Å². The molecule has 0 aliphatic carbocycles. The number of carbonyl (C=O) groups is 1. The van der Waals surface area contributed by atoms with Crippen LogP contribution in [0.2, 0.25) is 0 Å². The van der Waals surface area contributed by atoms with Crippen LogP contribution >= 0.6 is 0 Å². The van der Waals surface area contributed by atoms with Gasteiger partial charge >= 0.3 is 0 Å². The second kappa shape index (κ2) is 10.3. The number of benzene rings is 2. The van der Waals surface area contributed by atoms with Crippen LogP contribution in [0.5, 0.6) is 0 Å². The van der Waals surface area contributed by atoms with E-state index in [2.05, 4.69) is 5.32 Å². The predicted octanol–water partition coefficient (Wildman–Crippen LogP) is 2.16. The Balaban J connectivity index is 1.49. The van der Waals surface area contributed by atoms with Gasteiger partial charge in [-0.05, 0) is 55.8 Å². The number of amides is 1. The number of sulfonamides is 1. The van der Waals surface area contributed by atoms with Crippen molar-refractivity contribution in [3.63, 3.8) is 0 Å². The summed E-state index contributed by atoms with van der Waals surface area (Å²) in [7, 11) is -3.74. The Kier molecular flexibility index (Phi) is 7.69. The quantitative estimate of drug-likeness (QED) is 0.695. The van der Waals surface area contributed by atoms with Gasteiger partial charge in [0.05, 0.1) is 11.4 Å². The standard InChI is InChI=1S/C21H24F3N3O3S/c22-16-5-7-17(8-6-16)31(29,30)27-12-2-11-26(13-14-27)15-21(28)25-10-9-18-19(23)3-1-4-20(18)24/h1,3-8H,2,9-15H2,(H,25,28). The van der Waals surface area contributed by atoms with Crippen LogP contribution in [-0.2, 0) is 21.2 Å². The van der Waals surface area contributed by atoms with Gasteiger partial charge in [0.2, 0.25) is 15.9 Å². The third-order valence-electron chi connectivity index (χ3n) is 5.12. The molecule has 0 aromatic heterocycles. The molecule has 2 aromatic carbocycles. The van der Waals surface area contributed by atoms with Crippen LogP contribution in [0.25, 0.3) is 0 Å². The summed E-state index contributed by atoms with van der Waals surface area (Å²) in [5, 5.41) is 2.64. The second-order valence-corrected chi connectivity index (χ2v) is 9.23. The van der Waals surface area contributed by atoms with E-state index >= 15 is 0 Å². The third-order valence-corrected chi connectivity index (χ3v) is 7.04. The largest absolute Gasteiger partial charge is 0.355 e. The van der Waals surface area contributed by atoms with E-state index in [-0.39, 0.29) is 42.4 Å².